The monoisotopic (exact) mass is 235 g/mol. The van der Waals surface area contributed by atoms with Crippen molar-refractivity contribution in [3.63, 3.8) is 0 Å². The predicted octanol–water partition coefficient (Wildman–Crippen LogP) is 4.63. The Hall–Kier alpha value is -1.18. The van der Waals surface area contributed by atoms with Gasteiger partial charge in [-0.05, 0) is 36.4 Å². The maximum absolute atomic E-state index is 5.97. The molecule has 74 valence electrons. The highest BCUT2D eigenvalue weighted by Crippen LogP contribution is 2.29. The number of aromatic amines is 1. The number of hydrogen-bond acceptors (Lipinski definition) is 0. The number of nitrogens with one attached hydrogen (secondary N) is 1. The van der Waals surface area contributed by atoms with Crippen molar-refractivity contribution in [2.45, 2.75) is 0 Å². The Morgan fingerprint density at radius 2 is 1.20 bits per heavy atom. The van der Waals surface area contributed by atoms with Crippen LogP contribution in [0.1, 0.15) is 0 Å². The Morgan fingerprint density at radius 3 is 1.67 bits per heavy atom. The molecule has 2 aromatic carbocycles. The minimum Gasteiger partial charge on any atom is -0.355 e. The standard InChI is InChI=1S/C12H7Cl2N/c13-7-1-3-11-9(5-7)10-6-8(14)2-4-12(10)15-11/h1-6,15H. The Kier molecular flexibility index (Phi) is 1.91. The largest absolute Gasteiger partial charge is 0.355 e. The molecule has 0 atom stereocenters. The molecule has 0 bridgehead atoms. The summed E-state index contributed by atoms with van der Waals surface area (Å²) in [7, 11) is 0. The van der Waals surface area contributed by atoms with Crippen LogP contribution in [0.4, 0.5) is 0 Å². The Balaban J connectivity index is 2.55. The lowest BCUT2D eigenvalue weighted by Crippen LogP contribution is -1.67. The summed E-state index contributed by atoms with van der Waals surface area (Å²) in [6, 6.07) is 11.6. The molecule has 1 aromatic heterocycles. The Labute approximate surface area is 96.6 Å². The van der Waals surface area contributed by atoms with Gasteiger partial charge in [0.2, 0.25) is 0 Å². The van der Waals surface area contributed by atoms with Gasteiger partial charge in [0.1, 0.15) is 0 Å². The first-order chi connectivity index (χ1) is 7.24. The topological polar surface area (TPSA) is 15.8 Å². The van der Waals surface area contributed by atoms with Crippen molar-refractivity contribution in [3.05, 3.63) is 46.4 Å². The summed E-state index contributed by atoms with van der Waals surface area (Å²) in [4.78, 5) is 3.32. The van der Waals surface area contributed by atoms with E-state index in [4.69, 9.17) is 23.2 Å². The molecule has 0 aliphatic rings. The quantitative estimate of drug-likeness (QED) is 0.585. The summed E-state index contributed by atoms with van der Waals surface area (Å²) in [6.07, 6.45) is 0. The van der Waals surface area contributed by atoms with Crippen molar-refractivity contribution in [2.75, 3.05) is 0 Å². The number of H-pyrrole nitrogens is 1. The van der Waals surface area contributed by atoms with Gasteiger partial charge >= 0.3 is 0 Å². The average Bonchev–Trinajstić information content (AvgIpc) is 2.56. The number of rotatable bonds is 0. The maximum Gasteiger partial charge on any atom is 0.0465 e. The lowest BCUT2D eigenvalue weighted by atomic mass is 10.1. The Bertz CT molecular complexity index is 599. The van der Waals surface area contributed by atoms with E-state index in [1.165, 1.54) is 0 Å². The molecule has 0 unspecified atom stereocenters. The van der Waals surface area contributed by atoms with E-state index in [1.807, 2.05) is 36.4 Å². The van der Waals surface area contributed by atoms with Gasteiger partial charge in [0, 0.05) is 31.9 Å². The van der Waals surface area contributed by atoms with Crippen molar-refractivity contribution < 1.29 is 0 Å². The molecule has 3 heteroatoms. The number of halogens is 2. The lowest BCUT2D eigenvalue weighted by molar-refractivity contribution is 1.55. The smallest absolute Gasteiger partial charge is 0.0465 e. The van der Waals surface area contributed by atoms with Crippen molar-refractivity contribution in [2.24, 2.45) is 0 Å². The van der Waals surface area contributed by atoms with Crippen LogP contribution in [0.15, 0.2) is 36.4 Å². The fraction of sp³-hybridized carbons (Fsp3) is 0. The lowest BCUT2D eigenvalue weighted by Gasteiger charge is -1.92. The second-order valence-electron chi connectivity index (χ2n) is 3.50. The third kappa shape index (κ3) is 1.39. The van der Waals surface area contributed by atoms with Crippen molar-refractivity contribution in [1.82, 2.24) is 4.98 Å². The molecule has 0 amide bonds. The molecule has 1 N–H and O–H groups in total. The van der Waals surface area contributed by atoms with Gasteiger partial charge in [0.05, 0.1) is 0 Å². The van der Waals surface area contributed by atoms with Crippen LogP contribution in [0, 0.1) is 0 Å². The van der Waals surface area contributed by atoms with Crippen molar-refractivity contribution in [3.8, 4) is 0 Å². The summed E-state index contributed by atoms with van der Waals surface area (Å²) >= 11 is 11.9. The fourth-order valence-corrected chi connectivity index (χ4v) is 2.19. The van der Waals surface area contributed by atoms with Crippen LogP contribution in [-0.4, -0.2) is 4.98 Å². The van der Waals surface area contributed by atoms with E-state index in [9.17, 15) is 0 Å². The highest BCUT2D eigenvalue weighted by molar-refractivity contribution is 6.33. The van der Waals surface area contributed by atoms with Crippen LogP contribution >= 0.6 is 23.2 Å². The van der Waals surface area contributed by atoms with Gasteiger partial charge in [-0.1, -0.05) is 23.2 Å². The molecule has 0 aliphatic carbocycles. The van der Waals surface area contributed by atoms with Gasteiger partial charge in [-0.2, -0.15) is 0 Å². The van der Waals surface area contributed by atoms with Gasteiger partial charge in [-0.25, -0.2) is 0 Å². The van der Waals surface area contributed by atoms with E-state index in [1.54, 1.807) is 0 Å². The molecule has 0 spiro atoms. The molecule has 0 fully saturated rings. The van der Waals surface area contributed by atoms with Gasteiger partial charge in [-0.3, -0.25) is 0 Å². The zero-order chi connectivity index (χ0) is 10.4. The van der Waals surface area contributed by atoms with E-state index in [0.717, 1.165) is 31.9 Å². The molecule has 0 aliphatic heterocycles. The molecular weight excluding hydrogens is 229 g/mol. The van der Waals surface area contributed by atoms with Crippen LogP contribution in [0.2, 0.25) is 10.0 Å². The zero-order valence-electron chi connectivity index (χ0n) is 7.72. The second kappa shape index (κ2) is 3.16. The van der Waals surface area contributed by atoms with E-state index in [0.29, 0.717) is 0 Å². The third-order valence-corrected chi connectivity index (χ3v) is 2.99. The van der Waals surface area contributed by atoms with E-state index < -0.39 is 0 Å². The summed E-state index contributed by atoms with van der Waals surface area (Å²) in [5.74, 6) is 0. The molecule has 15 heavy (non-hydrogen) atoms. The van der Waals surface area contributed by atoms with Crippen LogP contribution in [0.25, 0.3) is 21.8 Å². The molecule has 0 radical (unpaired) electrons. The molecule has 3 rings (SSSR count). The minimum absolute atomic E-state index is 0.739. The number of hydrogen-bond donors (Lipinski definition) is 1. The molecule has 3 aromatic rings. The second-order valence-corrected chi connectivity index (χ2v) is 4.38. The van der Waals surface area contributed by atoms with E-state index in [2.05, 4.69) is 4.98 Å². The van der Waals surface area contributed by atoms with Crippen LogP contribution < -0.4 is 0 Å². The fourth-order valence-electron chi connectivity index (χ4n) is 1.84. The third-order valence-electron chi connectivity index (χ3n) is 2.52. The number of aromatic nitrogens is 1. The Morgan fingerprint density at radius 1 is 0.733 bits per heavy atom. The minimum atomic E-state index is 0.739. The highest BCUT2D eigenvalue weighted by Gasteiger charge is 2.04. The first kappa shape index (κ1) is 9.08. The van der Waals surface area contributed by atoms with Gasteiger partial charge in [-0.15, -0.1) is 0 Å². The summed E-state index contributed by atoms with van der Waals surface area (Å²) in [6.45, 7) is 0. The SMILES string of the molecule is Clc1ccc2[nH]c3ccc(Cl)cc3c2c1. The van der Waals surface area contributed by atoms with Crippen LogP contribution in [-0.2, 0) is 0 Å². The number of benzene rings is 2. The summed E-state index contributed by atoms with van der Waals surface area (Å²) < 4.78 is 0. The van der Waals surface area contributed by atoms with E-state index in [-0.39, 0.29) is 0 Å². The van der Waals surface area contributed by atoms with E-state index >= 15 is 0 Å². The first-order valence-corrected chi connectivity index (χ1v) is 5.36. The molecule has 1 nitrogen and oxygen atoms in total. The van der Waals surface area contributed by atoms with Crippen LogP contribution in [0.3, 0.4) is 0 Å². The summed E-state index contributed by atoms with van der Waals surface area (Å²) in [5.41, 5.74) is 2.16. The maximum atomic E-state index is 5.97. The average molecular weight is 236 g/mol. The van der Waals surface area contributed by atoms with Crippen molar-refractivity contribution in [1.29, 1.82) is 0 Å². The number of fused-ring (bicyclic) bond motifs is 3. The molecular formula is C12H7Cl2N. The summed E-state index contributed by atoms with van der Waals surface area (Å²) in [5, 5.41) is 3.70. The zero-order valence-corrected chi connectivity index (χ0v) is 9.23. The first-order valence-electron chi connectivity index (χ1n) is 4.60. The van der Waals surface area contributed by atoms with Crippen molar-refractivity contribution >= 4 is 45.0 Å². The van der Waals surface area contributed by atoms with Gasteiger partial charge in [0.25, 0.3) is 0 Å². The predicted molar refractivity (Wildman–Crippen MR) is 65.8 cm³/mol. The molecule has 0 saturated heterocycles. The molecule has 1 heterocycles. The van der Waals surface area contributed by atoms with Gasteiger partial charge < -0.3 is 4.98 Å². The van der Waals surface area contributed by atoms with Crippen LogP contribution in [0.5, 0.6) is 0 Å². The molecule has 0 saturated carbocycles. The highest BCUT2D eigenvalue weighted by atomic mass is 35.5. The normalized spacial score (nSPS) is 11.3. The van der Waals surface area contributed by atoms with Gasteiger partial charge in [0.15, 0.2) is 0 Å².